The summed E-state index contributed by atoms with van der Waals surface area (Å²) in [7, 11) is 0. The summed E-state index contributed by atoms with van der Waals surface area (Å²) in [5, 5.41) is 4.13. The van der Waals surface area contributed by atoms with Crippen molar-refractivity contribution in [1.82, 2.24) is 14.8 Å². The van der Waals surface area contributed by atoms with E-state index < -0.39 is 5.97 Å². The molecule has 1 aromatic heterocycles. The van der Waals surface area contributed by atoms with Gasteiger partial charge in [-0.1, -0.05) is 19.9 Å². The number of benzene rings is 1. The van der Waals surface area contributed by atoms with E-state index in [2.05, 4.69) is 23.9 Å². The first kappa shape index (κ1) is 15.0. The van der Waals surface area contributed by atoms with Crippen LogP contribution in [0.25, 0.3) is 0 Å². The molecule has 0 amide bonds. The molecule has 0 radical (unpaired) electrons. The average Bonchev–Trinajstić information content (AvgIpc) is 2.85. The molecule has 2 N–H and O–H groups in total. The summed E-state index contributed by atoms with van der Waals surface area (Å²) in [4.78, 5) is 16.2. The first-order chi connectivity index (χ1) is 9.99. The lowest BCUT2D eigenvalue weighted by Gasteiger charge is -2.10. The predicted molar refractivity (Wildman–Crippen MR) is 79.6 cm³/mol. The summed E-state index contributed by atoms with van der Waals surface area (Å²) >= 11 is 0. The molecule has 1 aromatic carbocycles. The Morgan fingerprint density at radius 3 is 2.90 bits per heavy atom. The van der Waals surface area contributed by atoms with Crippen molar-refractivity contribution in [2.24, 2.45) is 5.92 Å². The van der Waals surface area contributed by atoms with Crippen LogP contribution in [0.5, 0.6) is 0 Å². The van der Waals surface area contributed by atoms with Crippen molar-refractivity contribution >= 4 is 11.7 Å². The topological polar surface area (TPSA) is 83.0 Å². The molecular weight excluding hydrogens is 268 g/mol. The van der Waals surface area contributed by atoms with Gasteiger partial charge in [0.15, 0.2) is 12.4 Å². The molecule has 6 nitrogen and oxygen atoms in total. The van der Waals surface area contributed by atoms with Gasteiger partial charge in [-0.15, -0.1) is 0 Å². The summed E-state index contributed by atoms with van der Waals surface area (Å²) in [5.41, 5.74) is 7.57. The maximum Gasteiger partial charge on any atom is 0.338 e. The van der Waals surface area contributed by atoms with E-state index in [-0.39, 0.29) is 6.61 Å². The quantitative estimate of drug-likeness (QED) is 0.673. The lowest BCUT2D eigenvalue weighted by Crippen LogP contribution is -2.14. The third kappa shape index (κ3) is 3.59. The zero-order valence-electron chi connectivity index (χ0n) is 12.5. The molecule has 0 aliphatic carbocycles. The number of esters is 1. The summed E-state index contributed by atoms with van der Waals surface area (Å²) in [6, 6.07) is 5.19. The van der Waals surface area contributed by atoms with Crippen LogP contribution >= 0.6 is 0 Å². The number of rotatable bonds is 5. The van der Waals surface area contributed by atoms with Gasteiger partial charge in [0, 0.05) is 12.2 Å². The number of aromatic nitrogens is 3. The standard InChI is InChI=1S/C15H20N4O2/c1-10(2)7-19-14(17-9-18-19)8-21-15(20)12-5-4-6-13(16)11(12)3/h4-6,9-10H,7-8,16H2,1-3H3. The first-order valence-electron chi connectivity index (χ1n) is 6.88. The van der Waals surface area contributed by atoms with Crippen molar-refractivity contribution < 1.29 is 9.53 Å². The largest absolute Gasteiger partial charge is 0.454 e. The van der Waals surface area contributed by atoms with E-state index in [9.17, 15) is 4.79 Å². The Morgan fingerprint density at radius 1 is 1.43 bits per heavy atom. The maximum atomic E-state index is 12.1. The Morgan fingerprint density at radius 2 is 2.19 bits per heavy atom. The van der Waals surface area contributed by atoms with Gasteiger partial charge in [0.1, 0.15) is 6.33 Å². The molecular formula is C15H20N4O2. The lowest BCUT2D eigenvalue weighted by molar-refractivity contribution is 0.0455. The maximum absolute atomic E-state index is 12.1. The number of carbonyl (C=O) groups excluding carboxylic acids is 1. The Balaban J connectivity index is 2.05. The molecule has 0 spiro atoms. The van der Waals surface area contributed by atoms with E-state index in [4.69, 9.17) is 10.5 Å². The fraction of sp³-hybridized carbons (Fsp3) is 0.400. The minimum Gasteiger partial charge on any atom is -0.454 e. The molecule has 0 bridgehead atoms. The summed E-state index contributed by atoms with van der Waals surface area (Å²) in [6.45, 7) is 6.82. The summed E-state index contributed by atoms with van der Waals surface area (Å²) in [5.74, 6) is 0.676. The molecule has 0 atom stereocenters. The second kappa shape index (κ2) is 6.39. The summed E-state index contributed by atoms with van der Waals surface area (Å²) in [6.07, 6.45) is 1.47. The second-order valence-electron chi connectivity index (χ2n) is 5.35. The highest BCUT2D eigenvalue weighted by Gasteiger charge is 2.14. The van der Waals surface area contributed by atoms with Gasteiger partial charge in [0.25, 0.3) is 0 Å². The molecule has 2 aromatic rings. The molecule has 1 heterocycles. The molecule has 0 unspecified atom stereocenters. The van der Waals surface area contributed by atoms with Gasteiger partial charge in [0.05, 0.1) is 5.56 Å². The van der Waals surface area contributed by atoms with E-state index in [1.54, 1.807) is 29.8 Å². The number of nitrogens with zero attached hydrogens (tertiary/aromatic N) is 3. The predicted octanol–water partition coefficient (Wildman–Crippen LogP) is 2.18. The van der Waals surface area contributed by atoms with E-state index in [0.29, 0.717) is 23.0 Å². The minimum atomic E-state index is -0.404. The number of carbonyl (C=O) groups is 1. The van der Waals surface area contributed by atoms with Gasteiger partial charge in [-0.05, 0) is 30.5 Å². The van der Waals surface area contributed by atoms with Crippen LogP contribution in [0.3, 0.4) is 0 Å². The highest BCUT2D eigenvalue weighted by atomic mass is 16.5. The van der Waals surface area contributed by atoms with Crippen LogP contribution in [0, 0.1) is 12.8 Å². The van der Waals surface area contributed by atoms with E-state index >= 15 is 0 Å². The number of anilines is 1. The Bertz CT molecular complexity index is 634. The molecule has 6 heteroatoms. The minimum absolute atomic E-state index is 0.0970. The van der Waals surface area contributed by atoms with Gasteiger partial charge >= 0.3 is 5.97 Å². The second-order valence-corrected chi connectivity index (χ2v) is 5.35. The molecule has 21 heavy (non-hydrogen) atoms. The number of hydrogen-bond acceptors (Lipinski definition) is 5. The number of nitrogens with two attached hydrogens (primary N) is 1. The Hall–Kier alpha value is -2.37. The van der Waals surface area contributed by atoms with Crippen LogP contribution in [0.1, 0.15) is 35.6 Å². The molecule has 2 rings (SSSR count). The fourth-order valence-electron chi connectivity index (χ4n) is 1.98. The fourth-order valence-corrected chi connectivity index (χ4v) is 1.98. The van der Waals surface area contributed by atoms with Crippen molar-refractivity contribution in [3.8, 4) is 0 Å². The van der Waals surface area contributed by atoms with Crippen LogP contribution < -0.4 is 5.73 Å². The molecule has 112 valence electrons. The van der Waals surface area contributed by atoms with Gasteiger partial charge in [-0.3, -0.25) is 0 Å². The SMILES string of the molecule is Cc1c(N)cccc1C(=O)OCc1ncnn1CC(C)C. The highest BCUT2D eigenvalue weighted by Crippen LogP contribution is 2.17. The van der Waals surface area contributed by atoms with Crippen molar-refractivity contribution in [3.63, 3.8) is 0 Å². The van der Waals surface area contributed by atoms with Crippen LogP contribution in [-0.2, 0) is 17.9 Å². The van der Waals surface area contributed by atoms with Crippen molar-refractivity contribution in [2.45, 2.75) is 33.9 Å². The Labute approximate surface area is 123 Å². The first-order valence-corrected chi connectivity index (χ1v) is 6.88. The molecule has 0 saturated heterocycles. The molecule has 0 saturated carbocycles. The summed E-state index contributed by atoms with van der Waals surface area (Å²) < 4.78 is 7.07. The molecule has 0 fully saturated rings. The van der Waals surface area contributed by atoms with Crippen LogP contribution in [0.2, 0.25) is 0 Å². The van der Waals surface area contributed by atoms with E-state index in [0.717, 1.165) is 12.1 Å². The van der Waals surface area contributed by atoms with Gasteiger partial charge in [-0.25, -0.2) is 14.5 Å². The van der Waals surface area contributed by atoms with Crippen molar-refractivity contribution in [1.29, 1.82) is 0 Å². The van der Waals surface area contributed by atoms with Crippen LogP contribution in [0.4, 0.5) is 5.69 Å². The van der Waals surface area contributed by atoms with Crippen molar-refractivity contribution in [2.75, 3.05) is 5.73 Å². The zero-order chi connectivity index (χ0) is 15.4. The molecule has 0 aliphatic rings. The number of hydrogen-bond donors (Lipinski definition) is 1. The van der Waals surface area contributed by atoms with Crippen LogP contribution in [-0.4, -0.2) is 20.7 Å². The third-order valence-corrected chi connectivity index (χ3v) is 3.16. The lowest BCUT2D eigenvalue weighted by atomic mass is 10.1. The number of ether oxygens (including phenoxy) is 1. The van der Waals surface area contributed by atoms with Gasteiger partial charge < -0.3 is 10.5 Å². The van der Waals surface area contributed by atoms with Crippen LogP contribution in [0.15, 0.2) is 24.5 Å². The Kier molecular flexibility index (Phi) is 4.57. The van der Waals surface area contributed by atoms with E-state index in [1.165, 1.54) is 6.33 Å². The zero-order valence-corrected chi connectivity index (χ0v) is 12.5. The number of nitrogen functional groups attached to an aromatic ring is 1. The monoisotopic (exact) mass is 288 g/mol. The average molecular weight is 288 g/mol. The van der Waals surface area contributed by atoms with Gasteiger partial charge in [-0.2, -0.15) is 5.10 Å². The normalized spacial score (nSPS) is 10.9. The smallest absolute Gasteiger partial charge is 0.338 e. The molecule has 0 aliphatic heterocycles. The highest BCUT2D eigenvalue weighted by molar-refractivity contribution is 5.92. The van der Waals surface area contributed by atoms with Gasteiger partial charge in [0.2, 0.25) is 0 Å². The van der Waals surface area contributed by atoms with Crippen molar-refractivity contribution in [3.05, 3.63) is 41.5 Å². The van der Waals surface area contributed by atoms with E-state index in [1.807, 2.05) is 0 Å². The third-order valence-electron chi connectivity index (χ3n) is 3.16.